The highest BCUT2D eigenvalue weighted by Gasteiger charge is 2.34. The van der Waals surface area contributed by atoms with E-state index in [4.69, 9.17) is 4.74 Å². The summed E-state index contributed by atoms with van der Waals surface area (Å²) in [6.07, 6.45) is 1.38. The van der Waals surface area contributed by atoms with E-state index in [1.165, 1.54) is 4.90 Å². The molecule has 2 atom stereocenters. The Labute approximate surface area is 164 Å². The van der Waals surface area contributed by atoms with Gasteiger partial charge in [0.15, 0.2) is 0 Å². The number of likely N-dealkylation sites (tertiary alicyclic amines) is 1. The molecule has 1 saturated heterocycles. The second kappa shape index (κ2) is 9.28. The number of aldehydes is 1. The van der Waals surface area contributed by atoms with E-state index in [2.05, 4.69) is 5.32 Å². The molecule has 0 aliphatic carbocycles. The van der Waals surface area contributed by atoms with Crippen molar-refractivity contribution in [1.82, 2.24) is 10.2 Å². The minimum atomic E-state index is -0.449. The molecule has 0 aromatic heterocycles. The molecule has 2 aromatic rings. The third kappa shape index (κ3) is 4.64. The Bertz CT molecular complexity index is 820. The molecule has 6 heteroatoms. The molecule has 2 aromatic carbocycles. The number of methoxy groups -OCH3 is 1. The van der Waals surface area contributed by atoms with E-state index in [1.54, 1.807) is 19.2 Å². The van der Waals surface area contributed by atoms with Crippen molar-refractivity contribution in [2.24, 2.45) is 5.92 Å². The smallest absolute Gasteiger partial charge is 0.251 e. The van der Waals surface area contributed by atoms with Crippen molar-refractivity contribution < 1.29 is 19.1 Å². The number of rotatable bonds is 7. The molecule has 1 heterocycles. The average Bonchev–Trinajstić information content (AvgIpc) is 3.16. The molecule has 1 aliphatic heterocycles. The topological polar surface area (TPSA) is 75.7 Å². The number of carbonyl (C=O) groups excluding carboxylic acids is 3. The van der Waals surface area contributed by atoms with Gasteiger partial charge in [-0.2, -0.15) is 0 Å². The number of hydrogen-bond acceptors (Lipinski definition) is 4. The van der Waals surface area contributed by atoms with Crippen LogP contribution in [0.2, 0.25) is 0 Å². The summed E-state index contributed by atoms with van der Waals surface area (Å²) in [6.45, 7) is 0.843. The second-order valence-corrected chi connectivity index (χ2v) is 6.93. The number of amides is 2. The highest BCUT2D eigenvalue weighted by molar-refractivity contribution is 5.97. The van der Waals surface area contributed by atoms with Gasteiger partial charge in [0.25, 0.3) is 5.91 Å². The van der Waals surface area contributed by atoms with Gasteiger partial charge >= 0.3 is 0 Å². The Morgan fingerprint density at radius 1 is 1.11 bits per heavy atom. The number of benzene rings is 2. The van der Waals surface area contributed by atoms with Gasteiger partial charge < -0.3 is 19.7 Å². The normalized spacial score (nSPS) is 18.7. The summed E-state index contributed by atoms with van der Waals surface area (Å²) in [4.78, 5) is 37.6. The lowest BCUT2D eigenvalue weighted by Crippen LogP contribution is -2.43. The van der Waals surface area contributed by atoms with Gasteiger partial charge in [0, 0.05) is 25.1 Å². The molecule has 1 fully saturated rings. The summed E-state index contributed by atoms with van der Waals surface area (Å²) < 4.78 is 5.12. The molecule has 0 radical (unpaired) electrons. The van der Waals surface area contributed by atoms with Crippen LogP contribution in [0.1, 0.15) is 16.8 Å². The first-order valence-electron chi connectivity index (χ1n) is 9.29. The number of ether oxygens (including phenoxy) is 1. The zero-order valence-corrected chi connectivity index (χ0v) is 15.8. The third-order valence-corrected chi connectivity index (χ3v) is 4.96. The summed E-state index contributed by atoms with van der Waals surface area (Å²) in [7, 11) is 1.60. The van der Waals surface area contributed by atoms with E-state index < -0.39 is 6.04 Å². The van der Waals surface area contributed by atoms with Crippen LogP contribution in [0.25, 0.3) is 11.1 Å². The van der Waals surface area contributed by atoms with Crippen LogP contribution in [0.15, 0.2) is 54.6 Å². The zero-order valence-electron chi connectivity index (χ0n) is 15.8. The predicted molar refractivity (Wildman–Crippen MR) is 106 cm³/mol. The van der Waals surface area contributed by atoms with Crippen molar-refractivity contribution in [3.8, 4) is 11.1 Å². The SMILES string of the molecule is COCC1CC(C=O)N(C(=O)CNC(=O)c2ccc(-c3ccccc3)cc2)C1. The Hall–Kier alpha value is -2.99. The van der Waals surface area contributed by atoms with E-state index in [1.807, 2.05) is 42.5 Å². The molecule has 0 saturated carbocycles. The zero-order chi connectivity index (χ0) is 19.9. The Morgan fingerprint density at radius 3 is 2.43 bits per heavy atom. The summed E-state index contributed by atoms with van der Waals surface area (Å²) in [5.74, 6) is -0.432. The summed E-state index contributed by atoms with van der Waals surface area (Å²) >= 11 is 0. The van der Waals surface area contributed by atoms with Crippen LogP contribution in [0.4, 0.5) is 0 Å². The van der Waals surface area contributed by atoms with E-state index >= 15 is 0 Å². The molecule has 28 heavy (non-hydrogen) atoms. The maximum absolute atomic E-state index is 12.5. The molecule has 2 unspecified atom stereocenters. The molecule has 6 nitrogen and oxygen atoms in total. The predicted octanol–water partition coefficient (Wildman–Crippen LogP) is 2.15. The molecule has 0 bridgehead atoms. The van der Waals surface area contributed by atoms with Gasteiger partial charge in [-0.05, 0) is 29.7 Å². The van der Waals surface area contributed by atoms with Crippen LogP contribution in [0.5, 0.6) is 0 Å². The van der Waals surface area contributed by atoms with Crippen LogP contribution in [0.3, 0.4) is 0 Å². The fraction of sp³-hybridized carbons (Fsp3) is 0.318. The molecule has 1 aliphatic rings. The number of carbonyl (C=O) groups is 3. The molecular formula is C22H24N2O4. The van der Waals surface area contributed by atoms with Gasteiger partial charge in [0.05, 0.1) is 19.2 Å². The van der Waals surface area contributed by atoms with Gasteiger partial charge in [-0.15, -0.1) is 0 Å². The van der Waals surface area contributed by atoms with E-state index in [-0.39, 0.29) is 24.3 Å². The monoisotopic (exact) mass is 380 g/mol. The standard InChI is InChI=1S/C22H24N2O4/c1-28-15-16-11-20(14-25)24(13-16)21(26)12-23-22(27)19-9-7-18(8-10-19)17-5-3-2-4-6-17/h2-10,14,16,20H,11-13,15H2,1H3,(H,23,27). The molecule has 1 N–H and O–H groups in total. The average molecular weight is 380 g/mol. The summed E-state index contributed by atoms with van der Waals surface area (Å²) in [5.41, 5.74) is 2.57. The number of nitrogens with one attached hydrogen (secondary N) is 1. The van der Waals surface area contributed by atoms with E-state index in [9.17, 15) is 14.4 Å². The van der Waals surface area contributed by atoms with Gasteiger partial charge in [-0.3, -0.25) is 9.59 Å². The van der Waals surface area contributed by atoms with Gasteiger partial charge in [0.1, 0.15) is 6.29 Å². The quantitative estimate of drug-likeness (QED) is 0.747. The first-order chi connectivity index (χ1) is 13.6. The van der Waals surface area contributed by atoms with E-state index in [0.29, 0.717) is 25.1 Å². The van der Waals surface area contributed by atoms with Crippen LogP contribution in [0, 0.1) is 5.92 Å². The van der Waals surface area contributed by atoms with Crippen molar-refractivity contribution in [2.75, 3.05) is 26.8 Å². The van der Waals surface area contributed by atoms with Crippen molar-refractivity contribution in [2.45, 2.75) is 12.5 Å². The lowest BCUT2D eigenvalue weighted by atomic mass is 10.0. The highest BCUT2D eigenvalue weighted by atomic mass is 16.5. The number of nitrogens with zero attached hydrogens (tertiary/aromatic N) is 1. The molecule has 2 amide bonds. The van der Waals surface area contributed by atoms with Crippen LogP contribution in [-0.4, -0.2) is 55.8 Å². The molecule has 146 valence electrons. The molecular weight excluding hydrogens is 356 g/mol. The molecule has 3 rings (SSSR count). The maximum Gasteiger partial charge on any atom is 0.251 e. The second-order valence-electron chi connectivity index (χ2n) is 6.93. The van der Waals surface area contributed by atoms with Crippen molar-refractivity contribution in [3.63, 3.8) is 0 Å². The van der Waals surface area contributed by atoms with Crippen molar-refractivity contribution >= 4 is 18.1 Å². The van der Waals surface area contributed by atoms with E-state index in [0.717, 1.165) is 17.4 Å². The van der Waals surface area contributed by atoms with Gasteiger partial charge in [-0.25, -0.2) is 0 Å². The third-order valence-electron chi connectivity index (χ3n) is 4.96. The van der Waals surface area contributed by atoms with Crippen LogP contribution in [-0.2, 0) is 14.3 Å². The minimum Gasteiger partial charge on any atom is -0.384 e. The first kappa shape index (κ1) is 19.8. The highest BCUT2D eigenvalue weighted by Crippen LogP contribution is 2.22. The lowest BCUT2D eigenvalue weighted by Gasteiger charge is -2.20. The lowest BCUT2D eigenvalue weighted by molar-refractivity contribution is -0.133. The Balaban J connectivity index is 1.56. The maximum atomic E-state index is 12.5. The van der Waals surface area contributed by atoms with Crippen molar-refractivity contribution in [1.29, 1.82) is 0 Å². The van der Waals surface area contributed by atoms with Gasteiger partial charge in [-0.1, -0.05) is 42.5 Å². The van der Waals surface area contributed by atoms with Crippen LogP contribution < -0.4 is 5.32 Å². The first-order valence-corrected chi connectivity index (χ1v) is 9.29. The fourth-order valence-corrected chi connectivity index (χ4v) is 3.53. The summed E-state index contributed by atoms with van der Waals surface area (Å²) in [5, 5.41) is 2.65. The van der Waals surface area contributed by atoms with Crippen LogP contribution >= 0.6 is 0 Å². The minimum absolute atomic E-state index is 0.136. The Kier molecular flexibility index (Phi) is 6.55. The number of hydrogen-bond donors (Lipinski definition) is 1. The summed E-state index contributed by atoms with van der Waals surface area (Å²) in [6, 6.07) is 16.7. The van der Waals surface area contributed by atoms with Crippen molar-refractivity contribution in [3.05, 3.63) is 60.2 Å². The largest absolute Gasteiger partial charge is 0.384 e. The Morgan fingerprint density at radius 2 is 1.79 bits per heavy atom. The van der Waals surface area contributed by atoms with Gasteiger partial charge in [0.2, 0.25) is 5.91 Å². The molecule has 0 spiro atoms. The fourth-order valence-electron chi connectivity index (χ4n) is 3.53.